The van der Waals surface area contributed by atoms with E-state index < -0.39 is 5.97 Å². The van der Waals surface area contributed by atoms with Crippen LogP contribution in [0.25, 0.3) is 0 Å². The predicted octanol–water partition coefficient (Wildman–Crippen LogP) is 2.37. The molecule has 0 bridgehead atoms. The van der Waals surface area contributed by atoms with Crippen molar-refractivity contribution in [2.24, 2.45) is 0 Å². The summed E-state index contributed by atoms with van der Waals surface area (Å²) in [6.45, 7) is 3.00. The number of aromatic carboxylic acids is 1. The van der Waals surface area contributed by atoms with Gasteiger partial charge in [0.15, 0.2) is 0 Å². The summed E-state index contributed by atoms with van der Waals surface area (Å²) in [4.78, 5) is 11.1. The first-order valence-corrected chi connectivity index (χ1v) is 5.82. The zero-order valence-electron chi connectivity index (χ0n) is 9.49. The minimum atomic E-state index is -0.811. The van der Waals surface area contributed by atoms with E-state index in [0.29, 0.717) is 11.6 Å². The first-order chi connectivity index (χ1) is 7.74. The largest absolute Gasteiger partial charge is 0.478 e. The number of carbonyl (C=O) groups is 1. The monoisotopic (exact) mass is 219 g/mol. The minimum Gasteiger partial charge on any atom is -0.478 e. The van der Waals surface area contributed by atoms with Gasteiger partial charge in [0.2, 0.25) is 0 Å². The Balaban J connectivity index is 2.42. The summed E-state index contributed by atoms with van der Waals surface area (Å²) in [6.07, 6.45) is 3.05. The van der Waals surface area contributed by atoms with Crippen molar-refractivity contribution in [2.75, 3.05) is 6.54 Å². The molecule has 1 atom stereocenters. The number of nitrogens with one attached hydrogen (secondary N) is 1. The van der Waals surface area contributed by atoms with Crippen molar-refractivity contribution >= 4 is 5.97 Å². The van der Waals surface area contributed by atoms with Gasteiger partial charge in [0, 0.05) is 6.04 Å². The van der Waals surface area contributed by atoms with Gasteiger partial charge in [0.1, 0.15) is 0 Å². The first kappa shape index (κ1) is 11.1. The summed E-state index contributed by atoms with van der Waals surface area (Å²) in [7, 11) is 0. The van der Waals surface area contributed by atoms with Crippen molar-refractivity contribution in [3.63, 3.8) is 0 Å². The van der Waals surface area contributed by atoms with E-state index in [-0.39, 0.29) is 0 Å². The zero-order valence-corrected chi connectivity index (χ0v) is 9.49. The molecule has 0 heterocycles. The number of hydrogen-bond acceptors (Lipinski definition) is 2. The Labute approximate surface area is 95.5 Å². The average molecular weight is 219 g/mol. The third-order valence-corrected chi connectivity index (χ3v) is 3.19. The van der Waals surface area contributed by atoms with Crippen LogP contribution in [0.2, 0.25) is 0 Å². The maximum absolute atomic E-state index is 11.1. The van der Waals surface area contributed by atoms with E-state index in [4.69, 9.17) is 5.11 Å². The Kier molecular flexibility index (Phi) is 3.25. The second-order valence-electron chi connectivity index (χ2n) is 4.18. The number of carboxylic acid groups (broad SMARTS) is 1. The molecular formula is C13H17NO2. The van der Waals surface area contributed by atoms with Gasteiger partial charge in [-0.25, -0.2) is 4.79 Å². The Hall–Kier alpha value is -1.35. The van der Waals surface area contributed by atoms with Crippen LogP contribution in [0.5, 0.6) is 0 Å². The fraction of sp³-hybridized carbons (Fsp3) is 0.462. The molecule has 2 rings (SSSR count). The lowest BCUT2D eigenvalue weighted by molar-refractivity contribution is 0.0695. The van der Waals surface area contributed by atoms with Gasteiger partial charge < -0.3 is 10.4 Å². The van der Waals surface area contributed by atoms with Gasteiger partial charge in [0.05, 0.1) is 5.56 Å². The molecular weight excluding hydrogens is 202 g/mol. The zero-order chi connectivity index (χ0) is 11.5. The summed E-state index contributed by atoms with van der Waals surface area (Å²) >= 11 is 0. The van der Waals surface area contributed by atoms with Crippen LogP contribution in [0.1, 0.15) is 47.3 Å². The van der Waals surface area contributed by atoms with E-state index in [9.17, 15) is 4.79 Å². The van der Waals surface area contributed by atoms with Gasteiger partial charge in [-0.1, -0.05) is 19.1 Å². The van der Waals surface area contributed by atoms with Crippen LogP contribution < -0.4 is 5.32 Å². The second kappa shape index (κ2) is 4.66. The third kappa shape index (κ3) is 1.95. The normalized spacial score (nSPS) is 19.2. The molecule has 0 spiro atoms. The number of carboxylic acids is 1. The van der Waals surface area contributed by atoms with E-state index in [0.717, 1.165) is 31.4 Å². The molecule has 0 radical (unpaired) electrons. The second-order valence-corrected chi connectivity index (χ2v) is 4.18. The van der Waals surface area contributed by atoms with Crippen LogP contribution in [0.4, 0.5) is 0 Å². The Morgan fingerprint density at radius 2 is 2.38 bits per heavy atom. The van der Waals surface area contributed by atoms with Crippen LogP contribution in [-0.4, -0.2) is 17.6 Å². The number of fused-ring (bicyclic) bond motifs is 1. The molecule has 1 aromatic rings. The standard InChI is InChI=1S/C13H17NO2/c1-2-14-12-8-4-5-9-10(12)6-3-7-11(9)13(15)16/h3,6-7,12,14H,2,4-5,8H2,1H3,(H,15,16). The highest BCUT2D eigenvalue weighted by molar-refractivity contribution is 5.90. The van der Waals surface area contributed by atoms with Gasteiger partial charge in [-0.05, 0) is 43.0 Å². The van der Waals surface area contributed by atoms with Crippen LogP contribution in [0, 0.1) is 0 Å². The van der Waals surface area contributed by atoms with Crippen LogP contribution in [0.15, 0.2) is 18.2 Å². The molecule has 1 aliphatic rings. The Morgan fingerprint density at radius 3 is 3.06 bits per heavy atom. The lowest BCUT2D eigenvalue weighted by Gasteiger charge is -2.27. The molecule has 0 aromatic heterocycles. The maximum atomic E-state index is 11.1. The molecule has 0 aliphatic heterocycles. The summed E-state index contributed by atoms with van der Waals surface area (Å²) in [5, 5.41) is 12.6. The van der Waals surface area contributed by atoms with Crippen molar-refractivity contribution in [3.8, 4) is 0 Å². The predicted molar refractivity (Wildman–Crippen MR) is 62.8 cm³/mol. The number of benzene rings is 1. The molecule has 16 heavy (non-hydrogen) atoms. The molecule has 1 aromatic carbocycles. The molecule has 0 saturated carbocycles. The lowest BCUT2D eigenvalue weighted by atomic mass is 9.85. The van der Waals surface area contributed by atoms with Crippen LogP contribution in [-0.2, 0) is 6.42 Å². The Bertz CT molecular complexity index is 401. The van der Waals surface area contributed by atoms with Crippen molar-refractivity contribution in [1.29, 1.82) is 0 Å². The third-order valence-electron chi connectivity index (χ3n) is 3.19. The van der Waals surface area contributed by atoms with Gasteiger partial charge in [-0.3, -0.25) is 0 Å². The summed E-state index contributed by atoms with van der Waals surface area (Å²) < 4.78 is 0. The van der Waals surface area contributed by atoms with Gasteiger partial charge in [0.25, 0.3) is 0 Å². The summed E-state index contributed by atoms with van der Waals surface area (Å²) in [5.41, 5.74) is 2.67. The molecule has 0 fully saturated rings. The topological polar surface area (TPSA) is 49.3 Å². The highest BCUT2D eigenvalue weighted by Crippen LogP contribution is 2.31. The molecule has 0 amide bonds. The van der Waals surface area contributed by atoms with Crippen LogP contribution in [0.3, 0.4) is 0 Å². The van der Waals surface area contributed by atoms with E-state index in [1.807, 2.05) is 12.1 Å². The van der Waals surface area contributed by atoms with Crippen LogP contribution >= 0.6 is 0 Å². The van der Waals surface area contributed by atoms with Gasteiger partial charge in [-0.2, -0.15) is 0 Å². The molecule has 1 aliphatic carbocycles. The molecule has 86 valence electrons. The smallest absolute Gasteiger partial charge is 0.335 e. The number of hydrogen-bond donors (Lipinski definition) is 2. The fourth-order valence-corrected chi connectivity index (χ4v) is 2.51. The Morgan fingerprint density at radius 1 is 1.56 bits per heavy atom. The highest BCUT2D eigenvalue weighted by atomic mass is 16.4. The average Bonchev–Trinajstić information content (AvgIpc) is 2.29. The molecule has 2 N–H and O–H groups in total. The first-order valence-electron chi connectivity index (χ1n) is 5.82. The number of rotatable bonds is 3. The molecule has 3 nitrogen and oxygen atoms in total. The van der Waals surface area contributed by atoms with Crippen molar-refractivity contribution < 1.29 is 9.90 Å². The minimum absolute atomic E-state index is 0.327. The van der Waals surface area contributed by atoms with Gasteiger partial charge >= 0.3 is 5.97 Å². The quantitative estimate of drug-likeness (QED) is 0.820. The van der Waals surface area contributed by atoms with E-state index in [2.05, 4.69) is 12.2 Å². The maximum Gasteiger partial charge on any atom is 0.335 e. The van der Waals surface area contributed by atoms with Crippen molar-refractivity contribution in [1.82, 2.24) is 5.32 Å². The highest BCUT2D eigenvalue weighted by Gasteiger charge is 2.23. The van der Waals surface area contributed by atoms with Crippen molar-refractivity contribution in [3.05, 3.63) is 34.9 Å². The van der Waals surface area contributed by atoms with E-state index in [1.165, 1.54) is 5.56 Å². The summed E-state index contributed by atoms with van der Waals surface area (Å²) in [6, 6.07) is 5.93. The molecule has 0 saturated heterocycles. The molecule has 1 unspecified atom stereocenters. The van der Waals surface area contributed by atoms with Gasteiger partial charge in [-0.15, -0.1) is 0 Å². The van der Waals surface area contributed by atoms with E-state index in [1.54, 1.807) is 6.07 Å². The molecule has 3 heteroatoms. The summed E-state index contributed by atoms with van der Waals surface area (Å²) in [5.74, 6) is -0.811. The van der Waals surface area contributed by atoms with E-state index >= 15 is 0 Å². The lowest BCUT2D eigenvalue weighted by Crippen LogP contribution is -2.26. The SMILES string of the molecule is CCNC1CCCc2c(C(=O)O)cccc21. The fourth-order valence-electron chi connectivity index (χ4n) is 2.51. The van der Waals surface area contributed by atoms with Crippen molar-refractivity contribution in [2.45, 2.75) is 32.2 Å².